The van der Waals surface area contributed by atoms with E-state index >= 15 is 0 Å². The number of ether oxygens (including phenoxy) is 1. The highest BCUT2D eigenvalue weighted by atomic mass is 16.5. The molecule has 0 spiro atoms. The molecule has 4 heteroatoms. The van der Waals surface area contributed by atoms with E-state index in [-0.39, 0.29) is 6.04 Å². The lowest BCUT2D eigenvalue weighted by molar-refractivity contribution is 0.304. The largest absolute Gasteiger partial charge is 0.491 e. The highest BCUT2D eigenvalue weighted by molar-refractivity contribution is 5.88. The van der Waals surface area contributed by atoms with Crippen molar-refractivity contribution in [2.24, 2.45) is 0 Å². The molecule has 0 saturated heterocycles. The number of hydrogen-bond donors (Lipinski definition) is 1. The summed E-state index contributed by atoms with van der Waals surface area (Å²) in [6.45, 7) is 2.62. The lowest BCUT2D eigenvalue weighted by Crippen LogP contribution is -2.24. The summed E-state index contributed by atoms with van der Waals surface area (Å²) < 4.78 is 5.94. The average molecular weight is 355 g/mol. The van der Waals surface area contributed by atoms with Crippen molar-refractivity contribution in [3.63, 3.8) is 0 Å². The molecule has 0 aliphatic carbocycles. The zero-order valence-electron chi connectivity index (χ0n) is 15.2. The first-order valence-corrected chi connectivity index (χ1v) is 9.04. The molecule has 0 bridgehead atoms. The summed E-state index contributed by atoms with van der Waals surface area (Å²) in [5.41, 5.74) is 3.32. The van der Waals surface area contributed by atoms with Crippen LogP contribution >= 0.6 is 0 Å². The number of aromatic nitrogens is 2. The van der Waals surface area contributed by atoms with Crippen LogP contribution in [0.3, 0.4) is 0 Å². The van der Waals surface area contributed by atoms with Gasteiger partial charge in [-0.15, -0.1) is 0 Å². The second-order valence-corrected chi connectivity index (χ2v) is 6.49. The Morgan fingerprint density at radius 3 is 2.33 bits per heavy atom. The van der Waals surface area contributed by atoms with Crippen molar-refractivity contribution in [1.82, 2.24) is 9.97 Å². The molecule has 27 heavy (non-hydrogen) atoms. The molecule has 4 nitrogen and oxygen atoms in total. The van der Waals surface area contributed by atoms with Crippen molar-refractivity contribution in [3.05, 3.63) is 85.2 Å². The Morgan fingerprint density at radius 1 is 0.815 bits per heavy atom. The summed E-state index contributed by atoms with van der Waals surface area (Å²) in [6.07, 6.45) is 1.58. The van der Waals surface area contributed by atoms with Crippen LogP contribution in [0.2, 0.25) is 0 Å². The van der Waals surface area contributed by atoms with Gasteiger partial charge in [-0.05, 0) is 42.3 Å². The lowest BCUT2D eigenvalue weighted by Gasteiger charge is -2.16. The van der Waals surface area contributed by atoms with Crippen LogP contribution in [0, 0.1) is 0 Å². The third kappa shape index (κ3) is 4.06. The van der Waals surface area contributed by atoms with Crippen molar-refractivity contribution >= 4 is 16.7 Å². The van der Waals surface area contributed by atoms with Crippen molar-refractivity contribution in [3.8, 4) is 16.9 Å². The molecule has 1 unspecified atom stereocenters. The summed E-state index contributed by atoms with van der Waals surface area (Å²) in [7, 11) is 0. The Bertz CT molecular complexity index is 1010. The minimum Gasteiger partial charge on any atom is -0.491 e. The Kier molecular flexibility index (Phi) is 4.97. The molecule has 3 aromatic carbocycles. The molecule has 0 radical (unpaired) electrons. The quantitative estimate of drug-likeness (QED) is 0.518. The van der Waals surface area contributed by atoms with E-state index in [1.807, 2.05) is 54.6 Å². The highest BCUT2D eigenvalue weighted by Gasteiger charge is 2.08. The molecule has 0 aliphatic rings. The zero-order chi connectivity index (χ0) is 18.5. The van der Waals surface area contributed by atoms with Crippen LogP contribution in [0.1, 0.15) is 6.92 Å². The van der Waals surface area contributed by atoms with E-state index in [1.54, 1.807) is 6.33 Å². The number of anilines is 1. The Labute approximate surface area is 158 Å². The second-order valence-electron chi connectivity index (χ2n) is 6.49. The molecule has 0 aliphatic heterocycles. The molecule has 0 saturated carbocycles. The fraction of sp³-hybridized carbons (Fsp3) is 0.130. The number of nitrogens with zero attached hydrogens (tertiary/aromatic N) is 2. The number of para-hydroxylation sites is 1. The maximum Gasteiger partial charge on any atom is 0.137 e. The van der Waals surface area contributed by atoms with Gasteiger partial charge in [0.2, 0.25) is 0 Å². The molecule has 1 N–H and O–H groups in total. The van der Waals surface area contributed by atoms with Crippen molar-refractivity contribution < 1.29 is 4.74 Å². The van der Waals surface area contributed by atoms with E-state index in [0.29, 0.717) is 6.61 Å². The number of fused-ring (bicyclic) bond motifs is 1. The molecule has 1 heterocycles. The molecule has 134 valence electrons. The van der Waals surface area contributed by atoms with Crippen LogP contribution in [-0.2, 0) is 0 Å². The summed E-state index contributed by atoms with van der Waals surface area (Å²) >= 11 is 0. The zero-order valence-corrected chi connectivity index (χ0v) is 15.2. The molecular weight excluding hydrogens is 334 g/mol. The SMILES string of the molecule is CC(COc1ccc(-c2ccccc2)cc1)Nc1ncnc2ccccc12. The van der Waals surface area contributed by atoms with Gasteiger partial charge in [-0.3, -0.25) is 0 Å². The minimum atomic E-state index is 0.108. The van der Waals surface area contributed by atoms with Crippen LogP contribution in [0.4, 0.5) is 5.82 Å². The first kappa shape index (κ1) is 17.0. The number of rotatable bonds is 6. The van der Waals surface area contributed by atoms with E-state index in [1.165, 1.54) is 11.1 Å². The van der Waals surface area contributed by atoms with Gasteiger partial charge in [-0.1, -0.05) is 54.6 Å². The van der Waals surface area contributed by atoms with Gasteiger partial charge < -0.3 is 10.1 Å². The summed E-state index contributed by atoms with van der Waals surface area (Å²) in [5, 5.41) is 4.43. The van der Waals surface area contributed by atoms with E-state index in [2.05, 4.69) is 46.5 Å². The van der Waals surface area contributed by atoms with Crippen molar-refractivity contribution in [2.45, 2.75) is 13.0 Å². The monoisotopic (exact) mass is 355 g/mol. The van der Waals surface area contributed by atoms with Gasteiger partial charge in [-0.2, -0.15) is 0 Å². The fourth-order valence-electron chi connectivity index (χ4n) is 2.99. The van der Waals surface area contributed by atoms with Gasteiger partial charge in [-0.25, -0.2) is 9.97 Å². The molecule has 4 aromatic rings. The Morgan fingerprint density at radius 2 is 1.52 bits per heavy atom. The minimum absolute atomic E-state index is 0.108. The molecular formula is C23H21N3O. The summed E-state index contributed by atoms with van der Waals surface area (Å²) in [6, 6.07) is 26.6. The third-order valence-electron chi connectivity index (χ3n) is 4.39. The Hall–Kier alpha value is -3.40. The van der Waals surface area contributed by atoms with Crippen LogP contribution in [-0.4, -0.2) is 22.6 Å². The van der Waals surface area contributed by atoms with Crippen LogP contribution < -0.4 is 10.1 Å². The van der Waals surface area contributed by atoms with Gasteiger partial charge in [0, 0.05) is 5.39 Å². The number of hydrogen-bond acceptors (Lipinski definition) is 4. The van der Waals surface area contributed by atoms with E-state index in [9.17, 15) is 0 Å². The van der Waals surface area contributed by atoms with Crippen LogP contribution in [0.5, 0.6) is 5.75 Å². The second kappa shape index (κ2) is 7.87. The first-order valence-electron chi connectivity index (χ1n) is 9.04. The predicted molar refractivity (Wildman–Crippen MR) is 110 cm³/mol. The van der Waals surface area contributed by atoms with E-state index < -0.39 is 0 Å². The highest BCUT2D eigenvalue weighted by Crippen LogP contribution is 2.23. The molecule has 1 atom stereocenters. The van der Waals surface area contributed by atoms with Gasteiger partial charge in [0.15, 0.2) is 0 Å². The summed E-state index contributed by atoms with van der Waals surface area (Å²) in [4.78, 5) is 8.66. The molecule has 4 rings (SSSR count). The smallest absolute Gasteiger partial charge is 0.137 e. The van der Waals surface area contributed by atoms with Crippen LogP contribution in [0.15, 0.2) is 85.2 Å². The molecule has 0 amide bonds. The number of benzene rings is 3. The van der Waals surface area contributed by atoms with Crippen LogP contribution in [0.25, 0.3) is 22.0 Å². The summed E-state index contributed by atoms with van der Waals surface area (Å²) in [5.74, 6) is 1.69. The van der Waals surface area contributed by atoms with Gasteiger partial charge in [0.05, 0.1) is 11.6 Å². The predicted octanol–water partition coefficient (Wildman–Crippen LogP) is 5.18. The maximum atomic E-state index is 5.94. The first-order chi connectivity index (χ1) is 13.3. The van der Waals surface area contributed by atoms with Crippen molar-refractivity contribution in [2.75, 3.05) is 11.9 Å². The standard InChI is InChI=1S/C23H21N3O/c1-17(26-23-21-9-5-6-10-22(21)24-16-25-23)15-27-20-13-11-19(12-14-20)18-7-3-2-4-8-18/h2-14,16-17H,15H2,1H3,(H,24,25,26). The Balaban J connectivity index is 1.38. The topological polar surface area (TPSA) is 47.0 Å². The fourth-order valence-corrected chi connectivity index (χ4v) is 2.99. The molecule has 0 fully saturated rings. The van der Waals surface area contributed by atoms with E-state index in [4.69, 9.17) is 4.74 Å². The number of nitrogens with one attached hydrogen (secondary N) is 1. The van der Waals surface area contributed by atoms with Gasteiger partial charge in [0.1, 0.15) is 24.5 Å². The normalized spacial score (nSPS) is 11.9. The lowest BCUT2D eigenvalue weighted by atomic mass is 10.1. The maximum absolute atomic E-state index is 5.94. The third-order valence-corrected chi connectivity index (χ3v) is 4.39. The average Bonchev–Trinajstić information content (AvgIpc) is 2.74. The van der Waals surface area contributed by atoms with Gasteiger partial charge >= 0.3 is 0 Å². The van der Waals surface area contributed by atoms with E-state index in [0.717, 1.165) is 22.5 Å². The molecule has 1 aromatic heterocycles. The van der Waals surface area contributed by atoms with Gasteiger partial charge in [0.25, 0.3) is 0 Å². The van der Waals surface area contributed by atoms with Crippen molar-refractivity contribution in [1.29, 1.82) is 0 Å².